The van der Waals surface area contributed by atoms with E-state index in [1.807, 2.05) is 30.3 Å². The van der Waals surface area contributed by atoms with Gasteiger partial charge >= 0.3 is 0 Å². The number of benzene rings is 1. The van der Waals surface area contributed by atoms with Crippen LogP contribution in [0.3, 0.4) is 0 Å². The molecule has 0 saturated carbocycles. The standard InChI is InChI=1S/C18H17BrClN3O/c1-2-5-15-16(19)12-8-9-14(17(21)24)22-18(12)23(15)10-11-6-3-4-7-13(11)20/h3-4,6-9H,2,5,10H2,1H3,(H2,21,24). The van der Waals surface area contributed by atoms with Gasteiger partial charge in [-0.05, 0) is 46.1 Å². The van der Waals surface area contributed by atoms with Crippen LogP contribution in [0, 0.1) is 0 Å². The fourth-order valence-electron chi connectivity index (χ4n) is 2.81. The van der Waals surface area contributed by atoms with Gasteiger partial charge in [0.1, 0.15) is 11.3 Å². The Morgan fingerprint density at radius 3 is 2.71 bits per heavy atom. The molecule has 2 N–H and O–H groups in total. The van der Waals surface area contributed by atoms with Crippen molar-refractivity contribution in [2.45, 2.75) is 26.3 Å². The summed E-state index contributed by atoms with van der Waals surface area (Å²) in [6.07, 6.45) is 1.90. The highest BCUT2D eigenvalue weighted by Crippen LogP contribution is 2.32. The predicted octanol–water partition coefficient (Wildman–Crippen LogP) is 4.55. The maximum Gasteiger partial charge on any atom is 0.267 e. The number of rotatable bonds is 5. The molecule has 0 aliphatic heterocycles. The largest absolute Gasteiger partial charge is 0.364 e. The summed E-state index contributed by atoms with van der Waals surface area (Å²) in [6.45, 7) is 2.72. The highest BCUT2D eigenvalue weighted by molar-refractivity contribution is 9.10. The lowest BCUT2D eigenvalue weighted by molar-refractivity contribution is 0.0996. The number of hydrogen-bond donors (Lipinski definition) is 1. The highest BCUT2D eigenvalue weighted by atomic mass is 79.9. The number of carbonyl (C=O) groups is 1. The van der Waals surface area contributed by atoms with E-state index in [9.17, 15) is 4.79 Å². The second-order valence-electron chi connectivity index (χ2n) is 5.62. The molecule has 0 saturated heterocycles. The minimum absolute atomic E-state index is 0.260. The van der Waals surface area contributed by atoms with Crippen LogP contribution < -0.4 is 5.73 Å². The topological polar surface area (TPSA) is 60.9 Å². The first-order chi connectivity index (χ1) is 11.5. The molecule has 1 amide bonds. The predicted molar refractivity (Wildman–Crippen MR) is 100 cm³/mol. The molecule has 0 aliphatic carbocycles. The Balaban J connectivity index is 2.22. The number of pyridine rings is 1. The van der Waals surface area contributed by atoms with E-state index in [2.05, 4.69) is 32.4 Å². The molecular weight excluding hydrogens is 390 g/mol. The zero-order valence-electron chi connectivity index (χ0n) is 13.2. The summed E-state index contributed by atoms with van der Waals surface area (Å²) in [5.41, 5.74) is 8.54. The molecule has 0 bridgehead atoms. The number of nitrogens with two attached hydrogens (primary N) is 1. The van der Waals surface area contributed by atoms with E-state index in [-0.39, 0.29) is 5.69 Å². The minimum atomic E-state index is -0.532. The van der Waals surface area contributed by atoms with E-state index in [1.54, 1.807) is 6.07 Å². The van der Waals surface area contributed by atoms with Gasteiger partial charge in [0.15, 0.2) is 0 Å². The molecule has 3 aromatic rings. The van der Waals surface area contributed by atoms with Gasteiger partial charge < -0.3 is 10.3 Å². The number of primary amides is 1. The molecule has 0 atom stereocenters. The van der Waals surface area contributed by atoms with Gasteiger partial charge in [0, 0.05) is 20.6 Å². The van der Waals surface area contributed by atoms with E-state index in [0.29, 0.717) is 11.6 Å². The average molecular weight is 407 g/mol. The van der Waals surface area contributed by atoms with Crippen LogP contribution in [0.1, 0.15) is 35.1 Å². The molecule has 6 heteroatoms. The van der Waals surface area contributed by atoms with Gasteiger partial charge in [-0.15, -0.1) is 0 Å². The molecule has 1 aromatic carbocycles. The molecule has 24 heavy (non-hydrogen) atoms. The summed E-state index contributed by atoms with van der Waals surface area (Å²) in [5.74, 6) is -0.532. The van der Waals surface area contributed by atoms with E-state index in [0.717, 1.165) is 39.6 Å². The van der Waals surface area contributed by atoms with Gasteiger partial charge in [0.05, 0.1) is 6.54 Å². The molecule has 0 aliphatic rings. The van der Waals surface area contributed by atoms with Crippen molar-refractivity contribution < 1.29 is 4.79 Å². The summed E-state index contributed by atoms with van der Waals surface area (Å²) in [5, 5.41) is 1.68. The summed E-state index contributed by atoms with van der Waals surface area (Å²) in [7, 11) is 0. The molecule has 2 heterocycles. The number of carbonyl (C=O) groups excluding carboxylic acids is 1. The van der Waals surface area contributed by atoms with Gasteiger partial charge in [-0.2, -0.15) is 0 Å². The normalized spacial score (nSPS) is 11.1. The third-order valence-electron chi connectivity index (χ3n) is 3.97. The fraction of sp³-hybridized carbons (Fsp3) is 0.222. The molecular formula is C18H17BrClN3O. The van der Waals surface area contributed by atoms with Gasteiger partial charge in [-0.25, -0.2) is 4.98 Å². The van der Waals surface area contributed by atoms with Crippen LogP contribution >= 0.6 is 27.5 Å². The SMILES string of the molecule is CCCc1c(Br)c2ccc(C(N)=O)nc2n1Cc1ccccc1Cl. The quantitative estimate of drug-likeness (QED) is 0.675. The van der Waals surface area contributed by atoms with Crippen molar-refractivity contribution in [1.29, 1.82) is 0 Å². The van der Waals surface area contributed by atoms with Crippen LogP contribution in [0.2, 0.25) is 5.02 Å². The summed E-state index contributed by atoms with van der Waals surface area (Å²) < 4.78 is 3.12. The first-order valence-electron chi connectivity index (χ1n) is 7.73. The van der Waals surface area contributed by atoms with Gasteiger partial charge in [-0.1, -0.05) is 43.1 Å². The Labute approximate surface area is 153 Å². The van der Waals surface area contributed by atoms with Crippen molar-refractivity contribution in [2.24, 2.45) is 5.73 Å². The highest BCUT2D eigenvalue weighted by Gasteiger charge is 2.18. The Bertz CT molecular complexity index is 920. The van der Waals surface area contributed by atoms with Crippen molar-refractivity contribution in [3.63, 3.8) is 0 Å². The lowest BCUT2D eigenvalue weighted by Gasteiger charge is -2.11. The molecule has 0 radical (unpaired) electrons. The van der Waals surface area contributed by atoms with E-state index < -0.39 is 5.91 Å². The number of nitrogens with zero attached hydrogens (tertiary/aromatic N) is 2. The summed E-state index contributed by atoms with van der Waals surface area (Å²) in [4.78, 5) is 16.0. The van der Waals surface area contributed by atoms with Crippen LogP contribution in [0.4, 0.5) is 0 Å². The zero-order chi connectivity index (χ0) is 17.3. The van der Waals surface area contributed by atoms with Crippen LogP contribution in [0.5, 0.6) is 0 Å². The third-order valence-corrected chi connectivity index (χ3v) is 5.23. The van der Waals surface area contributed by atoms with Crippen LogP contribution in [-0.4, -0.2) is 15.5 Å². The number of fused-ring (bicyclic) bond motifs is 1. The zero-order valence-corrected chi connectivity index (χ0v) is 15.6. The molecule has 0 spiro atoms. The molecule has 0 fully saturated rings. The van der Waals surface area contributed by atoms with Gasteiger partial charge in [0.25, 0.3) is 5.91 Å². The second kappa shape index (κ2) is 6.95. The molecule has 4 nitrogen and oxygen atoms in total. The van der Waals surface area contributed by atoms with Crippen molar-refractivity contribution in [2.75, 3.05) is 0 Å². The maximum absolute atomic E-state index is 11.5. The lowest BCUT2D eigenvalue weighted by atomic mass is 10.2. The van der Waals surface area contributed by atoms with Crippen LogP contribution in [-0.2, 0) is 13.0 Å². The molecule has 2 aromatic heterocycles. The van der Waals surface area contributed by atoms with E-state index in [1.165, 1.54) is 0 Å². The first kappa shape index (κ1) is 17.0. The number of halogens is 2. The lowest BCUT2D eigenvalue weighted by Crippen LogP contribution is -2.14. The Hall–Kier alpha value is -1.85. The van der Waals surface area contributed by atoms with E-state index >= 15 is 0 Å². The van der Waals surface area contributed by atoms with Crippen LogP contribution in [0.25, 0.3) is 11.0 Å². The monoisotopic (exact) mass is 405 g/mol. The summed E-state index contributed by atoms with van der Waals surface area (Å²) >= 11 is 10.0. The molecule has 0 unspecified atom stereocenters. The van der Waals surface area contributed by atoms with Crippen molar-refractivity contribution in [3.05, 3.63) is 62.8 Å². The van der Waals surface area contributed by atoms with Gasteiger partial charge in [-0.3, -0.25) is 4.79 Å². The average Bonchev–Trinajstić information content (AvgIpc) is 2.82. The van der Waals surface area contributed by atoms with Crippen molar-refractivity contribution in [1.82, 2.24) is 9.55 Å². The maximum atomic E-state index is 11.5. The second-order valence-corrected chi connectivity index (χ2v) is 6.82. The van der Waals surface area contributed by atoms with Gasteiger partial charge in [0.2, 0.25) is 0 Å². The molecule has 124 valence electrons. The van der Waals surface area contributed by atoms with Crippen molar-refractivity contribution in [3.8, 4) is 0 Å². The first-order valence-corrected chi connectivity index (χ1v) is 8.90. The van der Waals surface area contributed by atoms with E-state index in [4.69, 9.17) is 17.3 Å². The summed E-state index contributed by atoms with van der Waals surface area (Å²) in [6, 6.07) is 11.3. The fourth-order valence-corrected chi connectivity index (χ4v) is 3.73. The van der Waals surface area contributed by atoms with Crippen LogP contribution in [0.15, 0.2) is 40.9 Å². The number of hydrogen-bond acceptors (Lipinski definition) is 2. The minimum Gasteiger partial charge on any atom is -0.364 e. The Kier molecular flexibility index (Phi) is 4.92. The van der Waals surface area contributed by atoms with Crippen molar-refractivity contribution >= 4 is 44.5 Å². The number of amides is 1. The number of aromatic nitrogens is 2. The Morgan fingerprint density at radius 2 is 2.04 bits per heavy atom. The molecule has 3 rings (SSSR count). The smallest absolute Gasteiger partial charge is 0.267 e. The Morgan fingerprint density at radius 1 is 1.29 bits per heavy atom. The third kappa shape index (κ3) is 3.06.